The normalized spacial score (nSPS) is 23.2. The first kappa shape index (κ1) is 14.2. The molecule has 0 radical (unpaired) electrons. The Labute approximate surface area is 118 Å². The monoisotopic (exact) mass is 280 g/mol. The SMILES string of the molecule is CSc1ccccc1NC(=O)N1CCC(C)C(O)C1. The lowest BCUT2D eigenvalue weighted by molar-refractivity contribution is 0.0463. The Bertz CT molecular complexity index is 453. The van der Waals surface area contributed by atoms with Crippen LogP contribution >= 0.6 is 11.8 Å². The summed E-state index contributed by atoms with van der Waals surface area (Å²) in [5, 5.41) is 12.8. The molecule has 4 nitrogen and oxygen atoms in total. The number of rotatable bonds is 2. The average molecular weight is 280 g/mol. The molecular formula is C14H20N2O2S. The molecule has 1 saturated heterocycles. The van der Waals surface area contributed by atoms with Gasteiger partial charge in [0.2, 0.25) is 0 Å². The summed E-state index contributed by atoms with van der Waals surface area (Å²) in [4.78, 5) is 14.9. The molecule has 2 atom stereocenters. The van der Waals surface area contributed by atoms with E-state index in [1.165, 1.54) is 0 Å². The minimum atomic E-state index is -0.421. The van der Waals surface area contributed by atoms with E-state index in [2.05, 4.69) is 5.32 Å². The van der Waals surface area contributed by atoms with Crippen LogP contribution < -0.4 is 5.32 Å². The first-order valence-electron chi connectivity index (χ1n) is 6.49. The third kappa shape index (κ3) is 3.42. The lowest BCUT2D eigenvalue weighted by Gasteiger charge is -2.34. The Balaban J connectivity index is 2.01. The maximum atomic E-state index is 12.2. The van der Waals surface area contributed by atoms with Crippen LogP contribution in [0.25, 0.3) is 0 Å². The molecule has 1 fully saturated rings. The number of aliphatic hydroxyl groups excluding tert-OH is 1. The van der Waals surface area contributed by atoms with Gasteiger partial charge in [-0.25, -0.2) is 4.79 Å². The molecule has 2 N–H and O–H groups in total. The molecule has 0 aromatic heterocycles. The Morgan fingerprint density at radius 2 is 2.21 bits per heavy atom. The number of thioether (sulfide) groups is 1. The van der Waals surface area contributed by atoms with Gasteiger partial charge < -0.3 is 15.3 Å². The van der Waals surface area contributed by atoms with Gasteiger partial charge in [0.1, 0.15) is 0 Å². The van der Waals surface area contributed by atoms with Crippen molar-refractivity contribution in [2.45, 2.75) is 24.3 Å². The van der Waals surface area contributed by atoms with Crippen LogP contribution in [0.5, 0.6) is 0 Å². The summed E-state index contributed by atoms with van der Waals surface area (Å²) in [6.45, 7) is 3.13. The van der Waals surface area contributed by atoms with Gasteiger partial charge in [-0.15, -0.1) is 11.8 Å². The summed E-state index contributed by atoms with van der Waals surface area (Å²) in [7, 11) is 0. The maximum Gasteiger partial charge on any atom is 0.321 e. The van der Waals surface area contributed by atoms with Crippen LogP contribution in [0.15, 0.2) is 29.2 Å². The van der Waals surface area contributed by atoms with Crippen LogP contribution in [-0.4, -0.2) is 41.5 Å². The van der Waals surface area contributed by atoms with Gasteiger partial charge in [-0.05, 0) is 30.7 Å². The van der Waals surface area contributed by atoms with Crippen LogP contribution in [0.3, 0.4) is 0 Å². The molecule has 19 heavy (non-hydrogen) atoms. The first-order chi connectivity index (χ1) is 9.11. The topological polar surface area (TPSA) is 52.6 Å². The molecule has 1 aliphatic rings. The van der Waals surface area contributed by atoms with Crippen LogP contribution in [-0.2, 0) is 0 Å². The number of hydrogen-bond donors (Lipinski definition) is 2. The number of carbonyl (C=O) groups is 1. The quantitative estimate of drug-likeness (QED) is 0.819. The summed E-state index contributed by atoms with van der Waals surface area (Å²) < 4.78 is 0. The largest absolute Gasteiger partial charge is 0.391 e. The smallest absolute Gasteiger partial charge is 0.321 e. The molecule has 5 heteroatoms. The molecule has 104 valence electrons. The zero-order valence-electron chi connectivity index (χ0n) is 11.3. The molecule has 1 aromatic rings. The van der Waals surface area contributed by atoms with Crippen molar-refractivity contribution in [3.8, 4) is 0 Å². The number of hydrogen-bond acceptors (Lipinski definition) is 3. The average Bonchev–Trinajstić information content (AvgIpc) is 2.42. The summed E-state index contributed by atoms with van der Waals surface area (Å²) in [6.07, 6.45) is 2.41. The predicted octanol–water partition coefficient (Wildman–Crippen LogP) is 2.64. The number of urea groups is 1. The van der Waals surface area contributed by atoms with E-state index in [1.54, 1.807) is 16.7 Å². The molecule has 1 aromatic carbocycles. The molecule has 0 spiro atoms. The number of para-hydroxylation sites is 1. The number of aliphatic hydroxyl groups is 1. The maximum absolute atomic E-state index is 12.2. The molecule has 2 rings (SSSR count). The van der Waals surface area contributed by atoms with Gasteiger partial charge in [-0.1, -0.05) is 19.1 Å². The molecule has 0 aliphatic carbocycles. The van der Waals surface area contributed by atoms with Crippen LogP contribution in [0, 0.1) is 5.92 Å². The van der Waals surface area contributed by atoms with E-state index in [0.717, 1.165) is 17.0 Å². The van der Waals surface area contributed by atoms with E-state index in [9.17, 15) is 9.90 Å². The lowest BCUT2D eigenvalue weighted by Crippen LogP contribution is -2.47. The van der Waals surface area contributed by atoms with Gasteiger partial charge in [-0.2, -0.15) is 0 Å². The minimum Gasteiger partial charge on any atom is -0.391 e. The van der Waals surface area contributed by atoms with Crippen LogP contribution in [0.4, 0.5) is 10.5 Å². The van der Waals surface area contributed by atoms with Gasteiger partial charge in [0.25, 0.3) is 0 Å². The number of benzene rings is 1. The third-order valence-electron chi connectivity index (χ3n) is 3.55. The van der Waals surface area contributed by atoms with Crippen LogP contribution in [0.1, 0.15) is 13.3 Å². The van der Waals surface area contributed by atoms with Gasteiger partial charge in [-0.3, -0.25) is 0 Å². The second-order valence-corrected chi connectivity index (χ2v) is 5.76. The Morgan fingerprint density at radius 1 is 1.47 bits per heavy atom. The second kappa shape index (κ2) is 6.30. The van der Waals surface area contributed by atoms with E-state index in [0.29, 0.717) is 13.1 Å². The van der Waals surface area contributed by atoms with E-state index in [4.69, 9.17) is 0 Å². The summed E-state index contributed by atoms with van der Waals surface area (Å²) >= 11 is 1.60. The molecule has 2 amide bonds. The summed E-state index contributed by atoms with van der Waals surface area (Å²) in [5.41, 5.74) is 0.827. The zero-order chi connectivity index (χ0) is 13.8. The number of β-amino-alcohol motifs (C(OH)–C–C–N with tert-alkyl or cyclic N) is 1. The summed E-state index contributed by atoms with van der Waals surface area (Å²) in [6, 6.07) is 7.60. The highest BCUT2D eigenvalue weighted by atomic mass is 32.2. The Kier molecular flexibility index (Phi) is 4.71. The molecule has 0 bridgehead atoms. The van der Waals surface area contributed by atoms with Gasteiger partial charge in [0.15, 0.2) is 0 Å². The Hall–Kier alpha value is -1.20. The number of nitrogens with one attached hydrogen (secondary N) is 1. The number of nitrogens with zero attached hydrogens (tertiary/aromatic N) is 1. The van der Waals surface area contributed by atoms with Crippen LogP contribution in [0.2, 0.25) is 0 Å². The fourth-order valence-electron chi connectivity index (χ4n) is 2.18. The van der Waals surface area contributed by atoms with E-state index < -0.39 is 6.10 Å². The van der Waals surface area contributed by atoms with Crippen molar-refractivity contribution in [1.29, 1.82) is 0 Å². The molecule has 2 unspecified atom stereocenters. The number of likely N-dealkylation sites (tertiary alicyclic amines) is 1. The fraction of sp³-hybridized carbons (Fsp3) is 0.500. The third-order valence-corrected chi connectivity index (χ3v) is 4.35. The van der Waals surface area contributed by atoms with Crippen molar-refractivity contribution in [1.82, 2.24) is 4.90 Å². The lowest BCUT2D eigenvalue weighted by atomic mass is 9.96. The van der Waals surface area contributed by atoms with E-state index in [-0.39, 0.29) is 11.9 Å². The van der Waals surface area contributed by atoms with Crippen molar-refractivity contribution >= 4 is 23.5 Å². The van der Waals surface area contributed by atoms with Crippen molar-refractivity contribution < 1.29 is 9.90 Å². The van der Waals surface area contributed by atoms with Crippen molar-refractivity contribution in [2.75, 3.05) is 24.7 Å². The Morgan fingerprint density at radius 3 is 2.89 bits per heavy atom. The molecule has 1 heterocycles. The number of carbonyl (C=O) groups excluding carboxylic acids is 1. The summed E-state index contributed by atoms with van der Waals surface area (Å²) in [5.74, 6) is 0.266. The zero-order valence-corrected chi connectivity index (χ0v) is 12.1. The van der Waals surface area contributed by atoms with Gasteiger partial charge in [0, 0.05) is 18.0 Å². The van der Waals surface area contributed by atoms with Crippen molar-refractivity contribution in [2.24, 2.45) is 5.92 Å². The van der Waals surface area contributed by atoms with E-state index in [1.807, 2.05) is 37.4 Å². The van der Waals surface area contributed by atoms with Crippen molar-refractivity contribution in [3.63, 3.8) is 0 Å². The molecular weight excluding hydrogens is 260 g/mol. The number of amides is 2. The second-order valence-electron chi connectivity index (χ2n) is 4.91. The standard InChI is InChI=1S/C14H20N2O2S/c1-10-7-8-16(9-12(10)17)14(18)15-11-5-3-4-6-13(11)19-2/h3-6,10,12,17H,7-9H2,1-2H3,(H,15,18). The molecule has 1 aliphatic heterocycles. The van der Waals surface area contributed by atoms with E-state index >= 15 is 0 Å². The highest BCUT2D eigenvalue weighted by Gasteiger charge is 2.27. The number of piperidine rings is 1. The van der Waals surface area contributed by atoms with Gasteiger partial charge >= 0.3 is 6.03 Å². The predicted molar refractivity (Wildman–Crippen MR) is 78.6 cm³/mol. The fourth-order valence-corrected chi connectivity index (χ4v) is 2.73. The highest BCUT2D eigenvalue weighted by molar-refractivity contribution is 7.98. The first-order valence-corrected chi connectivity index (χ1v) is 7.71. The van der Waals surface area contributed by atoms with Gasteiger partial charge in [0.05, 0.1) is 11.8 Å². The highest BCUT2D eigenvalue weighted by Crippen LogP contribution is 2.25. The number of anilines is 1. The molecule has 0 saturated carbocycles. The van der Waals surface area contributed by atoms with Crippen molar-refractivity contribution in [3.05, 3.63) is 24.3 Å². The minimum absolute atomic E-state index is 0.132.